The number of benzene rings is 3. The maximum Gasteiger partial charge on any atom is 0.254 e. The highest BCUT2D eigenvalue weighted by molar-refractivity contribution is 7.91. The summed E-state index contributed by atoms with van der Waals surface area (Å²) in [7, 11) is -3.28. The van der Waals surface area contributed by atoms with Crippen molar-refractivity contribution in [3.8, 4) is 0 Å². The summed E-state index contributed by atoms with van der Waals surface area (Å²) in [5, 5.41) is 2.75. The van der Waals surface area contributed by atoms with Gasteiger partial charge in [-0.1, -0.05) is 31.2 Å². The summed E-state index contributed by atoms with van der Waals surface area (Å²) in [5.74, 6) is -1.14. The predicted molar refractivity (Wildman–Crippen MR) is 129 cm³/mol. The van der Waals surface area contributed by atoms with Gasteiger partial charge in [-0.15, -0.1) is 0 Å². The second-order valence-corrected chi connectivity index (χ2v) is 10.1. The van der Waals surface area contributed by atoms with E-state index < -0.39 is 28.2 Å². The molecule has 35 heavy (non-hydrogen) atoms. The summed E-state index contributed by atoms with van der Waals surface area (Å²) in [6, 6.07) is 18.0. The number of rotatable bonds is 10. The van der Waals surface area contributed by atoms with E-state index in [1.54, 1.807) is 19.1 Å². The zero-order chi connectivity index (χ0) is 25.4. The first-order valence-corrected chi connectivity index (χ1v) is 12.7. The highest BCUT2D eigenvalue weighted by Crippen LogP contribution is 2.14. The molecular weight excluding hydrogens is 474 g/mol. The molecule has 0 saturated heterocycles. The number of carbonyl (C=O) groups is 2. The van der Waals surface area contributed by atoms with Crippen LogP contribution in [0, 0.1) is 5.82 Å². The van der Waals surface area contributed by atoms with Gasteiger partial charge in [-0.25, -0.2) is 17.2 Å². The van der Waals surface area contributed by atoms with Crippen LogP contribution in [0.1, 0.15) is 38.8 Å². The van der Waals surface area contributed by atoms with Crippen LogP contribution in [-0.2, 0) is 22.9 Å². The van der Waals surface area contributed by atoms with Gasteiger partial charge in [-0.05, 0) is 59.7 Å². The van der Waals surface area contributed by atoms with E-state index in [4.69, 9.17) is 0 Å². The monoisotopic (exact) mass is 500 g/mol. The molecule has 3 aromatic rings. The lowest BCUT2D eigenvalue weighted by Crippen LogP contribution is -2.32. The van der Waals surface area contributed by atoms with Crippen LogP contribution in [0.5, 0.6) is 0 Å². The number of nitrogens with zero attached hydrogens (tertiary/aromatic N) is 1. The number of sulfone groups is 1. The van der Waals surface area contributed by atoms with Gasteiger partial charge >= 0.3 is 0 Å². The number of amides is 2. The first kappa shape index (κ1) is 26.0. The number of alkyl halides is 1. The van der Waals surface area contributed by atoms with Gasteiger partial charge in [-0.2, -0.15) is 0 Å². The quantitative estimate of drug-likeness (QED) is 0.453. The lowest BCUT2D eigenvalue weighted by atomic mass is 10.1. The Morgan fingerprint density at radius 3 is 2.00 bits per heavy atom. The molecule has 0 bridgehead atoms. The summed E-state index contributed by atoms with van der Waals surface area (Å²) < 4.78 is 50.0. The smallest absolute Gasteiger partial charge is 0.254 e. The third-order valence-electron chi connectivity index (χ3n) is 5.44. The highest BCUT2D eigenvalue weighted by atomic mass is 32.2. The second kappa shape index (κ2) is 11.7. The molecule has 0 radical (unpaired) electrons. The Morgan fingerprint density at radius 1 is 0.857 bits per heavy atom. The summed E-state index contributed by atoms with van der Waals surface area (Å²) in [6.07, 6.45) is 0. The summed E-state index contributed by atoms with van der Waals surface area (Å²) in [6.45, 7) is 1.07. The van der Waals surface area contributed by atoms with Crippen molar-refractivity contribution in [2.45, 2.75) is 24.9 Å². The number of hydrogen-bond acceptors (Lipinski definition) is 4. The Morgan fingerprint density at radius 2 is 1.43 bits per heavy atom. The zero-order valence-electron chi connectivity index (χ0n) is 19.2. The van der Waals surface area contributed by atoms with Crippen molar-refractivity contribution < 1.29 is 26.8 Å². The molecule has 184 valence electrons. The Bertz CT molecular complexity index is 1260. The van der Waals surface area contributed by atoms with Gasteiger partial charge in [0.15, 0.2) is 9.84 Å². The van der Waals surface area contributed by atoms with Crippen molar-refractivity contribution in [1.82, 2.24) is 10.2 Å². The van der Waals surface area contributed by atoms with Gasteiger partial charge in [0.2, 0.25) is 0 Å². The first-order valence-electron chi connectivity index (χ1n) is 11.0. The Hall–Kier alpha value is -3.59. The Balaban J connectivity index is 1.62. The molecule has 1 N–H and O–H groups in total. The van der Waals surface area contributed by atoms with E-state index in [0.29, 0.717) is 16.7 Å². The number of carbonyl (C=O) groups excluding carboxylic acids is 2. The molecular formula is C26H26F2N2O4S. The normalized spacial score (nSPS) is 11.2. The summed E-state index contributed by atoms with van der Waals surface area (Å²) in [4.78, 5) is 26.9. The fourth-order valence-corrected chi connectivity index (χ4v) is 4.26. The van der Waals surface area contributed by atoms with Gasteiger partial charge in [0.1, 0.15) is 12.5 Å². The zero-order valence-corrected chi connectivity index (χ0v) is 20.0. The van der Waals surface area contributed by atoms with E-state index in [1.807, 2.05) is 0 Å². The van der Waals surface area contributed by atoms with Crippen LogP contribution < -0.4 is 5.32 Å². The maximum absolute atomic E-state index is 13.1. The molecule has 0 aromatic heterocycles. The van der Waals surface area contributed by atoms with Gasteiger partial charge in [0.25, 0.3) is 11.8 Å². The van der Waals surface area contributed by atoms with Crippen molar-refractivity contribution in [3.05, 3.63) is 101 Å². The largest absolute Gasteiger partial charge is 0.348 e. The molecule has 0 heterocycles. The van der Waals surface area contributed by atoms with E-state index in [-0.39, 0.29) is 36.2 Å². The SMILES string of the molecule is CCS(=O)(=O)c1ccc(CNC(=O)c2ccc(C(=O)N(CCF)Cc3ccc(F)cc3)cc2)cc1. The minimum atomic E-state index is -3.28. The van der Waals surface area contributed by atoms with Crippen molar-refractivity contribution in [3.63, 3.8) is 0 Å². The van der Waals surface area contributed by atoms with Crippen LogP contribution in [0.3, 0.4) is 0 Å². The predicted octanol–water partition coefficient (Wildman–Crippen LogP) is 4.16. The Kier molecular flexibility index (Phi) is 8.70. The molecule has 3 aromatic carbocycles. The minimum absolute atomic E-state index is 0.0133. The van der Waals surface area contributed by atoms with E-state index in [0.717, 1.165) is 5.56 Å². The van der Waals surface area contributed by atoms with E-state index >= 15 is 0 Å². The fourth-order valence-electron chi connectivity index (χ4n) is 3.38. The van der Waals surface area contributed by atoms with Crippen molar-refractivity contribution >= 4 is 21.7 Å². The molecule has 2 amide bonds. The molecule has 0 aliphatic heterocycles. The molecule has 9 heteroatoms. The van der Waals surface area contributed by atoms with Crippen LogP contribution >= 0.6 is 0 Å². The lowest BCUT2D eigenvalue weighted by Gasteiger charge is -2.21. The lowest BCUT2D eigenvalue weighted by molar-refractivity contribution is 0.0731. The molecule has 0 spiro atoms. The minimum Gasteiger partial charge on any atom is -0.348 e. The number of hydrogen-bond donors (Lipinski definition) is 1. The average Bonchev–Trinajstić information content (AvgIpc) is 2.88. The van der Waals surface area contributed by atoms with Crippen molar-refractivity contribution in [1.29, 1.82) is 0 Å². The molecule has 0 unspecified atom stereocenters. The summed E-state index contributed by atoms with van der Waals surface area (Å²) >= 11 is 0. The summed E-state index contributed by atoms with van der Waals surface area (Å²) in [5.41, 5.74) is 2.04. The highest BCUT2D eigenvalue weighted by Gasteiger charge is 2.17. The topological polar surface area (TPSA) is 83.5 Å². The van der Waals surface area contributed by atoms with Crippen LogP contribution in [-0.4, -0.2) is 44.1 Å². The third-order valence-corrected chi connectivity index (χ3v) is 7.19. The van der Waals surface area contributed by atoms with Crippen molar-refractivity contribution in [2.24, 2.45) is 0 Å². The van der Waals surface area contributed by atoms with Crippen LogP contribution in [0.15, 0.2) is 77.7 Å². The fraction of sp³-hybridized carbons (Fsp3) is 0.231. The van der Waals surface area contributed by atoms with Crippen molar-refractivity contribution in [2.75, 3.05) is 19.0 Å². The van der Waals surface area contributed by atoms with Gasteiger partial charge in [0.05, 0.1) is 10.6 Å². The van der Waals surface area contributed by atoms with E-state index in [1.165, 1.54) is 65.6 Å². The van der Waals surface area contributed by atoms with Gasteiger partial charge < -0.3 is 10.2 Å². The van der Waals surface area contributed by atoms with E-state index in [9.17, 15) is 26.8 Å². The van der Waals surface area contributed by atoms with Crippen LogP contribution in [0.4, 0.5) is 8.78 Å². The standard InChI is InChI=1S/C26H26F2N2O4S/c1-2-35(33,34)24-13-5-19(6-14-24)17-29-25(31)21-7-9-22(10-8-21)26(32)30(16-15-27)18-20-3-11-23(28)12-4-20/h3-14H,2,15-18H2,1H3,(H,29,31). The Labute approximate surface area is 203 Å². The molecule has 0 fully saturated rings. The molecule has 3 rings (SSSR count). The van der Waals surface area contributed by atoms with Gasteiger partial charge in [0, 0.05) is 30.8 Å². The maximum atomic E-state index is 13.1. The van der Waals surface area contributed by atoms with Crippen LogP contribution in [0.25, 0.3) is 0 Å². The van der Waals surface area contributed by atoms with Crippen LogP contribution in [0.2, 0.25) is 0 Å². The molecule has 0 aliphatic rings. The molecule has 0 aliphatic carbocycles. The third kappa shape index (κ3) is 6.95. The average molecular weight is 501 g/mol. The van der Waals surface area contributed by atoms with Gasteiger partial charge in [-0.3, -0.25) is 9.59 Å². The molecule has 0 saturated carbocycles. The number of halogens is 2. The molecule has 0 atom stereocenters. The first-order chi connectivity index (χ1) is 16.7. The number of nitrogens with one attached hydrogen (secondary N) is 1. The van der Waals surface area contributed by atoms with E-state index in [2.05, 4.69) is 5.32 Å². The second-order valence-electron chi connectivity index (χ2n) is 7.85. The molecule has 6 nitrogen and oxygen atoms in total.